The topological polar surface area (TPSA) is 86.8 Å². The summed E-state index contributed by atoms with van der Waals surface area (Å²) in [4.78, 5) is 29.1. The van der Waals surface area contributed by atoms with Crippen LogP contribution in [0.5, 0.6) is 0 Å². The molecule has 0 bridgehead atoms. The van der Waals surface area contributed by atoms with Crippen molar-refractivity contribution >= 4 is 50.7 Å². The molecular weight excluding hydrogens is 581 g/mol. The van der Waals surface area contributed by atoms with Gasteiger partial charge >= 0.3 is 0 Å². The van der Waals surface area contributed by atoms with E-state index < -0.39 is 28.5 Å². The minimum atomic E-state index is -4.20. The highest BCUT2D eigenvalue weighted by Gasteiger charge is 2.35. The minimum Gasteiger partial charge on any atom is -0.352 e. The third-order valence-corrected chi connectivity index (χ3v) is 9.67. The molecule has 4 rings (SSSR count). The molecule has 10 heteroatoms. The third kappa shape index (κ3) is 7.82. The lowest BCUT2D eigenvalue weighted by molar-refractivity contribution is -0.139. The molecule has 1 fully saturated rings. The molecule has 3 aromatic rings. The van der Waals surface area contributed by atoms with Crippen LogP contribution in [0.15, 0.2) is 83.8 Å². The fraction of sp³-hybridized carbons (Fsp3) is 0.355. The smallest absolute Gasteiger partial charge is 0.264 e. The lowest BCUT2D eigenvalue weighted by Gasteiger charge is -2.34. The minimum absolute atomic E-state index is 0.0145. The van der Waals surface area contributed by atoms with E-state index in [-0.39, 0.29) is 34.1 Å². The van der Waals surface area contributed by atoms with Gasteiger partial charge in [0, 0.05) is 17.6 Å². The Labute approximate surface area is 252 Å². The summed E-state index contributed by atoms with van der Waals surface area (Å²) < 4.78 is 28.8. The molecule has 0 radical (unpaired) electrons. The van der Waals surface area contributed by atoms with Crippen molar-refractivity contribution in [2.75, 3.05) is 17.4 Å². The molecule has 2 amide bonds. The summed E-state index contributed by atoms with van der Waals surface area (Å²) in [7, 11) is -4.20. The van der Waals surface area contributed by atoms with Crippen LogP contribution in [-0.4, -0.2) is 50.3 Å². The van der Waals surface area contributed by atoms with E-state index >= 15 is 0 Å². The van der Waals surface area contributed by atoms with E-state index in [4.69, 9.17) is 23.2 Å². The molecule has 1 aliphatic carbocycles. The number of carbonyl (C=O) groups excluding carboxylic acids is 2. The van der Waals surface area contributed by atoms with Crippen molar-refractivity contribution in [2.45, 2.75) is 62.4 Å². The summed E-state index contributed by atoms with van der Waals surface area (Å²) in [6.07, 6.45) is 4.84. The first-order chi connectivity index (χ1) is 19.7. The van der Waals surface area contributed by atoms with Gasteiger partial charge < -0.3 is 10.2 Å². The Hall–Kier alpha value is -3.07. The summed E-state index contributed by atoms with van der Waals surface area (Å²) in [6.45, 7) is 1.56. The predicted octanol–water partition coefficient (Wildman–Crippen LogP) is 6.10. The van der Waals surface area contributed by atoms with Crippen molar-refractivity contribution < 1.29 is 18.0 Å². The van der Waals surface area contributed by atoms with E-state index in [9.17, 15) is 18.0 Å². The normalized spacial score (nSPS) is 14.4. The number of nitrogens with one attached hydrogen (secondary N) is 1. The molecule has 0 spiro atoms. The summed E-state index contributed by atoms with van der Waals surface area (Å²) in [5.41, 5.74) is 1.13. The van der Waals surface area contributed by atoms with Gasteiger partial charge in [-0.05, 0) is 61.6 Å². The number of carbonyl (C=O) groups is 2. The van der Waals surface area contributed by atoms with Gasteiger partial charge in [-0.25, -0.2) is 8.42 Å². The average Bonchev–Trinajstić information content (AvgIpc) is 3.48. The highest BCUT2D eigenvalue weighted by atomic mass is 35.5. The van der Waals surface area contributed by atoms with Gasteiger partial charge in [0.1, 0.15) is 12.6 Å². The van der Waals surface area contributed by atoms with Crippen LogP contribution in [0, 0.1) is 0 Å². The quantitative estimate of drug-likeness (QED) is 0.267. The van der Waals surface area contributed by atoms with E-state index in [0.29, 0.717) is 17.9 Å². The van der Waals surface area contributed by atoms with Crippen LogP contribution in [0.3, 0.4) is 0 Å². The molecule has 0 heterocycles. The van der Waals surface area contributed by atoms with Crippen LogP contribution in [0.25, 0.3) is 0 Å². The number of nitrogens with zero attached hydrogens (tertiary/aromatic N) is 2. The first-order valence-corrected chi connectivity index (χ1v) is 16.1. The third-order valence-electron chi connectivity index (χ3n) is 7.36. The average molecular weight is 617 g/mol. The standard InChI is InChI=1S/C31H35Cl2N3O4S/c1-2-28(31(38)34-25-13-9-10-14-25)35(20-19-23-11-5-3-6-12-23)30(37)22-36(29-18-17-24(32)21-27(29)33)41(39,40)26-15-7-4-8-16-26/h3-8,11-12,15-18,21,25,28H,2,9-10,13-14,19-20,22H2,1H3,(H,34,38). The number of hydrogen-bond donors (Lipinski definition) is 1. The lowest BCUT2D eigenvalue weighted by atomic mass is 10.1. The van der Waals surface area contributed by atoms with E-state index in [1.54, 1.807) is 18.2 Å². The Balaban J connectivity index is 1.69. The molecule has 1 atom stereocenters. The number of anilines is 1. The monoisotopic (exact) mass is 615 g/mol. The fourth-order valence-electron chi connectivity index (χ4n) is 5.18. The van der Waals surface area contributed by atoms with E-state index in [0.717, 1.165) is 35.6 Å². The van der Waals surface area contributed by atoms with Crippen molar-refractivity contribution in [3.8, 4) is 0 Å². The molecule has 1 aliphatic rings. The number of benzene rings is 3. The molecule has 1 saturated carbocycles. The van der Waals surface area contributed by atoms with Crippen LogP contribution in [0.4, 0.5) is 5.69 Å². The molecule has 41 heavy (non-hydrogen) atoms. The molecule has 218 valence electrons. The zero-order valence-electron chi connectivity index (χ0n) is 23.0. The van der Waals surface area contributed by atoms with Crippen LogP contribution >= 0.6 is 23.2 Å². The first kappa shape index (κ1) is 30.9. The first-order valence-electron chi connectivity index (χ1n) is 13.9. The zero-order valence-corrected chi connectivity index (χ0v) is 25.3. The van der Waals surface area contributed by atoms with Crippen LogP contribution < -0.4 is 9.62 Å². The van der Waals surface area contributed by atoms with Crippen LogP contribution in [0.2, 0.25) is 10.0 Å². The molecule has 0 saturated heterocycles. The second kappa shape index (κ2) is 14.2. The van der Waals surface area contributed by atoms with Gasteiger partial charge in [0.25, 0.3) is 10.0 Å². The van der Waals surface area contributed by atoms with Crippen molar-refractivity contribution in [1.29, 1.82) is 0 Å². The van der Waals surface area contributed by atoms with E-state index in [2.05, 4.69) is 5.32 Å². The predicted molar refractivity (Wildman–Crippen MR) is 164 cm³/mol. The van der Waals surface area contributed by atoms with Crippen molar-refractivity contribution in [3.05, 3.63) is 94.5 Å². The number of amides is 2. The number of halogens is 2. The highest BCUT2D eigenvalue weighted by molar-refractivity contribution is 7.92. The number of hydrogen-bond acceptors (Lipinski definition) is 4. The molecule has 3 aromatic carbocycles. The molecule has 0 aromatic heterocycles. The zero-order chi connectivity index (χ0) is 29.4. The Morgan fingerprint density at radius 2 is 1.59 bits per heavy atom. The Kier molecular flexibility index (Phi) is 10.7. The van der Waals surface area contributed by atoms with Crippen molar-refractivity contribution in [2.24, 2.45) is 0 Å². The van der Waals surface area contributed by atoms with Gasteiger partial charge in [0.05, 0.1) is 15.6 Å². The van der Waals surface area contributed by atoms with Gasteiger partial charge in [-0.15, -0.1) is 0 Å². The molecule has 1 unspecified atom stereocenters. The SMILES string of the molecule is CCC(C(=O)NC1CCCC1)N(CCc1ccccc1)C(=O)CN(c1ccc(Cl)cc1Cl)S(=O)(=O)c1ccccc1. The van der Waals surface area contributed by atoms with Crippen LogP contribution in [0.1, 0.15) is 44.6 Å². The summed E-state index contributed by atoms with van der Waals surface area (Å²) in [5.74, 6) is -0.720. The molecule has 7 nitrogen and oxygen atoms in total. The maximum atomic E-state index is 14.1. The summed E-state index contributed by atoms with van der Waals surface area (Å²) in [5, 5.41) is 3.54. The Morgan fingerprint density at radius 3 is 2.20 bits per heavy atom. The Morgan fingerprint density at radius 1 is 0.951 bits per heavy atom. The molecule has 0 aliphatic heterocycles. The summed E-state index contributed by atoms with van der Waals surface area (Å²) >= 11 is 12.6. The maximum absolute atomic E-state index is 14.1. The lowest BCUT2D eigenvalue weighted by Crippen LogP contribution is -2.54. The highest BCUT2D eigenvalue weighted by Crippen LogP contribution is 2.33. The van der Waals surface area contributed by atoms with E-state index in [1.807, 2.05) is 37.3 Å². The van der Waals surface area contributed by atoms with Gasteiger partial charge in [0.2, 0.25) is 11.8 Å². The Bertz CT molecular complexity index is 1430. The maximum Gasteiger partial charge on any atom is 0.264 e. The largest absolute Gasteiger partial charge is 0.352 e. The second-order valence-corrected chi connectivity index (χ2v) is 12.9. The van der Waals surface area contributed by atoms with E-state index in [1.165, 1.54) is 35.2 Å². The fourth-order valence-corrected chi connectivity index (χ4v) is 7.19. The van der Waals surface area contributed by atoms with Gasteiger partial charge in [-0.3, -0.25) is 13.9 Å². The van der Waals surface area contributed by atoms with Crippen LogP contribution in [-0.2, 0) is 26.0 Å². The van der Waals surface area contributed by atoms with Gasteiger partial charge in [-0.2, -0.15) is 0 Å². The number of rotatable bonds is 12. The van der Waals surface area contributed by atoms with Crippen molar-refractivity contribution in [1.82, 2.24) is 10.2 Å². The summed E-state index contributed by atoms with van der Waals surface area (Å²) in [6, 6.07) is 21.3. The second-order valence-electron chi connectivity index (χ2n) is 10.2. The van der Waals surface area contributed by atoms with Gasteiger partial charge in [-0.1, -0.05) is 91.5 Å². The van der Waals surface area contributed by atoms with Gasteiger partial charge in [0.15, 0.2) is 0 Å². The molecular formula is C31H35Cl2N3O4S. The number of sulfonamides is 1. The molecule has 1 N–H and O–H groups in total. The van der Waals surface area contributed by atoms with Crippen molar-refractivity contribution in [3.63, 3.8) is 0 Å².